The van der Waals surface area contributed by atoms with Gasteiger partial charge in [-0.15, -0.1) is 5.10 Å². The Hall–Kier alpha value is -1.89. The minimum Gasteiger partial charge on any atom is -0.459 e. The fourth-order valence-corrected chi connectivity index (χ4v) is 1.87. The van der Waals surface area contributed by atoms with Gasteiger partial charge in [-0.1, -0.05) is 22.9 Å². The molecule has 0 N–H and O–H groups in total. The molecule has 6 nitrogen and oxygen atoms in total. The Morgan fingerprint density at radius 1 is 1.50 bits per heavy atom. The molecule has 2 rings (SSSR count). The molecule has 0 aliphatic rings. The van der Waals surface area contributed by atoms with Crippen LogP contribution < -0.4 is 0 Å². The maximum absolute atomic E-state index is 11.3. The first-order valence-corrected chi connectivity index (χ1v) is 6.30. The molecule has 0 spiro atoms. The van der Waals surface area contributed by atoms with Crippen molar-refractivity contribution in [3.8, 4) is 0 Å². The highest BCUT2D eigenvalue weighted by molar-refractivity contribution is 7.98. The third-order valence-corrected chi connectivity index (χ3v) is 2.83. The Morgan fingerprint density at radius 2 is 2.39 bits per heavy atom. The summed E-state index contributed by atoms with van der Waals surface area (Å²) >= 11 is 1.34. The summed E-state index contributed by atoms with van der Waals surface area (Å²) in [5.74, 6) is -0.0676. The van der Waals surface area contributed by atoms with E-state index in [0.717, 1.165) is 5.56 Å². The van der Waals surface area contributed by atoms with E-state index in [9.17, 15) is 4.79 Å². The van der Waals surface area contributed by atoms with Crippen LogP contribution in [0.1, 0.15) is 23.2 Å². The van der Waals surface area contributed by atoms with Gasteiger partial charge in [0.25, 0.3) is 5.22 Å². The third-order valence-electron chi connectivity index (χ3n) is 1.94. The highest BCUT2D eigenvalue weighted by atomic mass is 32.2. The topological polar surface area (TPSA) is 78.1 Å². The van der Waals surface area contributed by atoms with Crippen LogP contribution in [-0.2, 0) is 10.5 Å². The molecule has 0 saturated heterocycles. The van der Waals surface area contributed by atoms with Crippen LogP contribution in [0.4, 0.5) is 0 Å². The molecule has 94 valence electrons. The van der Waals surface area contributed by atoms with Crippen molar-refractivity contribution in [1.29, 1.82) is 0 Å². The molecule has 18 heavy (non-hydrogen) atoms. The smallest absolute Gasteiger partial charge is 0.396 e. The van der Waals surface area contributed by atoms with E-state index >= 15 is 0 Å². The molecule has 2 heterocycles. The predicted molar refractivity (Wildman–Crippen MR) is 64.1 cm³/mol. The Bertz CT molecular complexity index is 515. The minimum absolute atomic E-state index is 0.120. The van der Waals surface area contributed by atoms with Crippen LogP contribution in [0.5, 0.6) is 0 Å². The quantitative estimate of drug-likeness (QED) is 0.603. The zero-order chi connectivity index (χ0) is 12.8. The Morgan fingerprint density at radius 3 is 3.11 bits per heavy atom. The second-order valence-corrected chi connectivity index (χ2v) is 4.17. The molecule has 2 aromatic rings. The lowest BCUT2D eigenvalue weighted by Gasteiger charge is -1.96. The van der Waals surface area contributed by atoms with Crippen molar-refractivity contribution in [2.75, 3.05) is 6.61 Å². The van der Waals surface area contributed by atoms with Crippen LogP contribution in [0.2, 0.25) is 0 Å². The van der Waals surface area contributed by atoms with Gasteiger partial charge in [-0.25, -0.2) is 4.79 Å². The summed E-state index contributed by atoms with van der Waals surface area (Å²) in [5.41, 5.74) is 1.04. The lowest BCUT2D eigenvalue weighted by Crippen LogP contribution is -2.04. The van der Waals surface area contributed by atoms with E-state index in [-0.39, 0.29) is 12.5 Å². The van der Waals surface area contributed by atoms with E-state index in [2.05, 4.69) is 15.2 Å². The Labute approximate surface area is 108 Å². The van der Waals surface area contributed by atoms with Crippen molar-refractivity contribution in [3.63, 3.8) is 0 Å². The first-order valence-electron chi connectivity index (χ1n) is 5.32. The maximum atomic E-state index is 11.3. The van der Waals surface area contributed by atoms with Gasteiger partial charge >= 0.3 is 11.9 Å². The average molecular weight is 265 g/mol. The van der Waals surface area contributed by atoms with E-state index < -0.39 is 5.97 Å². The first kappa shape index (κ1) is 12.6. The number of hydrogen-bond acceptors (Lipinski definition) is 7. The fraction of sp³-hybridized carbons (Fsp3) is 0.273. The largest absolute Gasteiger partial charge is 0.459 e. The van der Waals surface area contributed by atoms with Gasteiger partial charge in [0.1, 0.15) is 0 Å². The van der Waals surface area contributed by atoms with Gasteiger partial charge in [-0.05, 0) is 18.6 Å². The molecule has 7 heteroatoms. The average Bonchev–Trinajstić information content (AvgIpc) is 2.87. The highest BCUT2D eigenvalue weighted by Gasteiger charge is 2.15. The fourth-order valence-electron chi connectivity index (χ4n) is 1.17. The number of carbonyl (C=O) groups is 1. The summed E-state index contributed by atoms with van der Waals surface area (Å²) < 4.78 is 9.92. The van der Waals surface area contributed by atoms with Crippen LogP contribution in [0, 0.1) is 0 Å². The van der Waals surface area contributed by atoms with Crippen molar-refractivity contribution < 1.29 is 13.9 Å². The normalized spacial score (nSPS) is 10.3. The molecule has 0 aliphatic heterocycles. The summed E-state index contributed by atoms with van der Waals surface area (Å²) in [4.78, 5) is 15.3. The van der Waals surface area contributed by atoms with Crippen molar-refractivity contribution in [1.82, 2.24) is 15.2 Å². The second-order valence-electron chi connectivity index (χ2n) is 3.24. The zero-order valence-corrected chi connectivity index (χ0v) is 10.5. The minimum atomic E-state index is -0.599. The third kappa shape index (κ3) is 3.30. The summed E-state index contributed by atoms with van der Waals surface area (Å²) in [5, 5.41) is 7.71. The number of nitrogens with zero attached hydrogens (tertiary/aromatic N) is 3. The van der Waals surface area contributed by atoms with Crippen molar-refractivity contribution in [3.05, 3.63) is 36.0 Å². The lowest BCUT2D eigenvalue weighted by atomic mass is 10.3. The van der Waals surface area contributed by atoms with Gasteiger partial charge in [0.05, 0.1) is 6.61 Å². The number of esters is 1. The number of carbonyl (C=O) groups excluding carboxylic acids is 1. The molecule has 0 fully saturated rings. The molecule has 0 unspecified atom stereocenters. The van der Waals surface area contributed by atoms with Crippen molar-refractivity contribution in [2.24, 2.45) is 0 Å². The summed E-state index contributed by atoms with van der Waals surface area (Å²) in [6.45, 7) is 1.99. The van der Waals surface area contributed by atoms with Crippen LogP contribution >= 0.6 is 11.8 Å². The number of pyridine rings is 1. The molecule has 0 aromatic carbocycles. The van der Waals surface area contributed by atoms with Gasteiger partial charge in [0, 0.05) is 18.1 Å². The molecular weight excluding hydrogens is 254 g/mol. The van der Waals surface area contributed by atoms with Gasteiger partial charge in [-0.3, -0.25) is 4.98 Å². The van der Waals surface area contributed by atoms with E-state index in [0.29, 0.717) is 11.0 Å². The number of rotatable bonds is 5. The first-order chi connectivity index (χ1) is 8.79. The molecule has 0 atom stereocenters. The summed E-state index contributed by atoms with van der Waals surface area (Å²) in [7, 11) is 0. The van der Waals surface area contributed by atoms with E-state index in [1.807, 2.05) is 12.1 Å². The van der Waals surface area contributed by atoms with Gasteiger partial charge in [-0.2, -0.15) is 0 Å². The number of hydrogen-bond donors (Lipinski definition) is 0. The SMILES string of the molecule is CCOC(=O)c1nnc(SCc2cccnc2)o1. The standard InChI is InChI=1S/C11H11N3O3S/c1-2-16-10(15)9-13-14-11(17-9)18-7-8-4-3-5-12-6-8/h3-6H,2,7H2,1H3. The number of thioether (sulfide) groups is 1. The molecule has 0 saturated carbocycles. The Kier molecular flexibility index (Phi) is 4.30. The zero-order valence-electron chi connectivity index (χ0n) is 9.70. The van der Waals surface area contributed by atoms with Crippen LogP contribution in [0.15, 0.2) is 34.2 Å². The molecule has 0 amide bonds. The van der Waals surface area contributed by atoms with Crippen molar-refractivity contribution in [2.45, 2.75) is 17.9 Å². The van der Waals surface area contributed by atoms with Crippen LogP contribution in [-0.4, -0.2) is 27.8 Å². The van der Waals surface area contributed by atoms with E-state index in [1.54, 1.807) is 19.3 Å². The monoisotopic (exact) mass is 265 g/mol. The lowest BCUT2D eigenvalue weighted by molar-refractivity contribution is 0.0475. The van der Waals surface area contributed by atoms with Crippen molar-refractivity contribution >= 4 is 17.7 Å². The van der Waals surface area contributed by atoms with Gasteiger partial charge in [0.15, 0.2) is 0 Å². The number of ether oxygens (including phenoxy) is 1. The van der Waals surface area contributed by atoms with Gasteiger partial charge in [0.2, 0.25) is 0 Å². The molecular formula is C11H11N3O3S. The molecule has 0 radical (unpaired) electrons. The molecule has 0 bridgehead atoms. The van der Waals surface area contributed by atoms with Crippen LogP contribution in [0.3, 0.4) is 0 Å². The summed E-state index contributed by atoms with van der Waals surface area (Å²) in [6, 6.07) is 3.80. The summed E-state index contributed by atoms with van der Waals surface area (Å²) in [6.07, 6.45) is 3.47. The van der Waals surface area contributed by atoms with E-state index in [1.165, 1.54) is 11.8 Å². The van der Waals surface area contributed by atoms with Crippen LogP contribution in [0.25, 0.3) is 0 Å². The molecule has 0 aliphatic carbocycles. The van der Waals surface area contributed by atoms with Gasteiger partial charge < -0.3 is 9.15 Å². The Balaban J connectivity index is 1.93. The maximum Gasteiger partial charge on any atom is 0.396 e. The predicted octanol–water partition coefficient (Wildman–Crippen LogP) is 1.93. The second kappa shape index (κ2) is 6.15. The molecule has 2 aromatic heterocycles. The highest BCUT2D eigenvalue weighted by Crippen LogP contribution is 2.20. The number of aromatic nitrogens is 3. The van der Waals surface area contributed by atoms with E-state index in [4.69, 9.17) is 9.15 Å².